The van der Waals surface area contributed by atoms with Gasteiger partial charge in [0.2, 0.25) is 5.88 Å². The second-order valence-corrected chi connectivity index (χ2v) is 7.91. The van der Waals surface area contributed by atoms with Crippen LogP contribution in [0.15, 0.2) is 24.5 Å². The molecule has 29 heavy (non-hydrogen) atoms. The van der Waals surface area contributed by atoms with Gasteiger partial charge in [0.1, 0.15) is 12.4 Å². The summed E-state index contributed by atoms with van der Waals surface area (Å²) in [7, 11) is 1.61. The van der Waals surface area contributed by atoms with Gasteiger partial charge in [-0.3, -0.25) is 9.48 Å². The third kappa shape index (κ3) is 4.78. The standard InChI is InChI=1S/C22H29N3O4/c1-27-10-11-28-22-12-17(14-26)21(13-23-22)29-15-16-4-2-3-5-19(16)20-8-9-24-25(20)18-6-7-18/h8-9,12-14,16,18-19H,2-7,10-11,15H2,1H3. The zero-order valence-electron chi connectivity index (χ0n) is 17.0. The van der Waals surface area contributed by atoms with Gasteiger partial charge < -0.3 is 14.2 Å². The molecule has 2 fully saturated rings. The van der Waals surface area contributed by atoms with Gasteiger partial charge in [-0.15, -0.1) is 0 Å². The highest BCUT2D eigenvalue weighted by molar-refractivity contribution is 5.79. The number of hydrogen-bond donors (Lipinski definition) is 0. The molecule has 2 aliphatic carbocycles. The van der Waals surface area contributed by atoms with Crippen LogP contribution in [0.5, 0.6) is 11.6 Å². The number of ether oxygens (including phenoxy) is 3. The Hall–Kier alpha value is -2.41. The topological polar surface area (TPSA) is 75.5 Å². The third-order valence-electron chi connectivity index (χ3n) is 5.87. The summed E-state index contributed by atoms with van der Waals surface area (Å²) in [5.41, 5.74) is 1.80. The van der Waals surface area contributed by atoms with Crippen molar-refractivity contribution in [2.24, 2.45) is 5.92 Å². The molecule has 2 aromatic heterocycles. The second kappa shape index (κ2) is 9.39. The molecule has 0 aromatic carbocycles. The molecule has 0 N–H and O–H groups in total. The number of pyridine rings is 1. The van der Waals surface area contributed by atoms with Gasteiger partial charge in [-0.1, -0.05) is 12.8 Å². The lowest BCUT2D eigenvalue weighted by molar-refractivity contribution is 0.111. The summed E-state index contributed by atoms with van der Waals surface area (Å²) in [5, 5.41) is 4.57. The highest BCUT2D eigenvalue weighted by atomic mass is 16.5. The number of aldehydes is 1. The molecule has 2 saturated carbocycles. The maximum absolute atomic E-state index is 11.5. The van der Waals surface area contributed by atoms with E-state index in [-0.39, 0.29) is 0 Å². The maximum Gasteiger partial charge on any atom is 0.214 e. The molecule has 0 spiro atoms. The first-order valence-corrected chi connectivity index (χ1v) is 10.5. The fourth-order valence-electron chi connectivity index (χ4n) is 4.20. The number of rotatable bonds is 10. The Morgan fingerprint density at radius 3 is 2.83 bits per heavy atom. The largest absolute Gasteiger partial charge is 0.491 e. The molecule has 0 aliphatic heterocycles. The molecular formula is C22H29N3O4. The molecule has 0 saturated heterocycles. The summed E-state index contributed by atoms with van der Waals surface area (Å²) < 4.78 is 18.8. The highest BCUT2D eigenvalue weighted by Gasteiger charge is 2.33. The Morgan fingerprint density at radius 1 is 1.17 bits per heavy atom. The zero-order chi connectivity index (χ0) is 20.1. The minimum atomic E-state index is 0.389. The van der Waals surface area contributed by atoms with Crippen LogP contribution in [0.3, 0.4) is 0 Å². The molecule has 2 aliphatic rings. The van der Waals surface area contributed by atoms with Crippen LogP contribution >= 0.6 is 0 Å². The summed E-state index contributed by atoms with van der Waals surface area (Å²) in [4.78, 5) is 15.8. The van der Waals surface area contributed by atoms with Crippen molar-refractivity contribution in [2.75, 3.05) is 26.9 Å². The van der Waals surface area contributed by atoms with Crippen LogP contribution in [0.25, 0.3) is 0 Å². The molecule has 7 heteroatoms. The number of hydrogen-bond acceptors (Lipinski definition) is 6. The van der Waals surface area contributed by atoms with Crippen LogP contribution in [-0.2, 0) is 4.74 Å². The number of carbonyl (C=O) groups is 1. The molecule has 0 bridgehead atoms. The summed E-state index contributed by atoms with van der Waals surface area (Å²) in [6.45, 7) is 1.43. The smallest absolute Gasteiger partial charge is 0.214 e. The summed E-state index contributed by atoms with van der Waals surface area (Å²) in [5.74, 6) is 1.78. The lowest BCUT2D eigenvalue weighted by atomic mass is 9.78. The Labute approximate surface area is 171 Å². The average Bonchev–Trinajstić information content (AvgIpc) is 3.49. The van der Waals surface area contributed by atoms with Crippen molar-refractivity contribution in [1.82, 2.24) is 14.8 Å². The van der Waals surface area contributed by atoms with E-state index >= 15 is 0 Å². The lowest BCUT2D eigenvalue weighted by Crippen LogP contribution is -2.26. The fraction of sp³-hybridized carbons (Fsp3) is 0.591. The van der Waals surface area contributed by atoms with E-state index in [0.29, 0.717) is 54.9 Å². The van der Waals surface area contributed by atoms with Crippen molar-refractivity contribution in [3.63, 3.8) is 0 Å². The molecule has 156 valence electrons. The maximum atomic E-state index is 11.5. The van der Waals surface area contributed by atoms with Gasteiger partial charge in [-0.25, -0.2) is 4.98 Å². The van der Waals surface area contributed by atoms with E-state index in [1.165, 1.54) is 31.4 Å². The van der Waals surface area contributed by atoms with Gasteiger partial charge in [-0.2, -0.15) is 5.10 Å². The predicted octanol–water partition coefficient (Wildman–Crippen LogP) is 3.80. The monoisotopic (exact) mass is 399 g/mol. The van der Waals surface area contributed by atoms with Gasteiger partial charge in [0.15, 0.2) is 6.29 Å². The molecule has 2 heterocycles. The van der Waals surface area contributed by atoms with E-state index in [1.807, 2.05) is 6.20 Å². The second-order valence-electron chi connectivity index (χ2n) is 7.91. The number of methoxy groups -OCH3 is 1. The van der Waals surface area contributed by atoms with Gasteiger partial charge in [-0.05, 0) is 31.7 Å². The first-order valence-electron chi connectivity index (χ1n) is 10.5. The van der Waals surface area contributed by atoms with Gasteiger partial charge in [0.25, 0.3) is 0 Å². The average molecular weight is 399 g/mol. The van der Waals surface area contributed by atoms with Crippen LogP contribution < -0.4 is 9.47 Å². The predicted molar refractivity (Wildman–Crippen MR) is 108 cm³/mol. The van der Waals surface area contributed by atoms with Crippen molar-refractivity contribution in [2.45, 2.75) is 50.5 Å². The molecule has 2 atom stereocenters. The molecule has 2 aromatic rings. The van der Waals surface area contributed by atoms with Crippen LogP contribution in [0, 0.1) is 5.92 Å². The SMILES string of the molecule is COCCOc1cc(C=O)c(OCC2CCCCC2c2ccnn2C2CC2)cn1. The molecule has 2 unspecified atom stereocenters. The summed E-state index contributed by atoms with van der Waals surface area (Å²) in [6.07, 6.45) is 11.5. The van der Waals surface area contributed by atoms with Gasteiger partial charge in [0, 0.05) is 36.9 Å². The van der Waals surface area contributed by atoms with Crippen LogP contribution in [0.1, 0.15) is 66.5 Å². The molecule has 0 amide bonds. The third-order valence-corrected chi connectivity index (χ3v) is 5.87. The van der Waals surface area contributed by atoms with E-state index < -0.39 is 0 Å². The Morgan fingerprint density at radius 2 is 2.03 bits per heavy atom. The number of carbonyl (C=O) groups excluding carboxylic acids is 1. The minimum Gasteiger partial charge on any atom is -0.491 e. The summed E-state index contributed by atoms with van der Waals surface area (Å²) >= 11 is 0. The van der Waals surface area contributed by atoms with E-state index in [1.54, 1.807) is 19.4 Å². The van der Waals surface area contributed by atoms with Crippen molar-refractivity contribution in [3.8, 4) is 11.6 Å². The van der Waals surface area contributed by atoms with Crippen molar-refractivity contribution < 1.29 is 19.0 Å². The molecule has 4 rings (SSSR count). The van der Waals surface area contributed by atoms with E-state index in [9.17, 15) is 4.79 Å². The van der Waals surface area contributed by atoms with E-state index in [0.717, 1.165) is 19.1 Å². The van der Waals surface area contributed by atoms with E-state index in [2.05, 4.69) is 20.8 Å². The Bertz CT molecular complexity index is 818. The van der Waals surface area contributed by atoms with Gasteiger partial charge >= 0.3 is 0 Å². The fourth-order valence-corrected chi connectivity index (χ4v) is 4.20. The lowest BCUT2D eigenvalue weighted by Gasteiger charge is -2.32. The zero-order valence-corrected chi connectivity index (χ0v) is 17.0. The van der Waals surface area contributed by atoms with Crippen LogP contribution in [-0.4, -0.2) is 48.0 Å². The molecule has 7 nitrogen and oxygen atoms in total. The number of aromatic nitrogens is 3. The first-order chi connectivity index (χ1) is 14.3. The Kier molecular flexibility index (Phi) is 6.44. The van der Waals surface area contributed by atoms with Crippen molar-refractivity contribution in [3.05, 3.63) is 35.8 Å². The molecular weight excluding hydrogens is 370 g/mol. The molecule has 0 radical (unpaired) electrons. The minimum absolute atomic E-state index is 0.389. The Balaban J connectivity index is 1.42. The normalized spacial score (nSPS) is 21.7. The quantitative estimate of drug-likeness (QED) is 0.447. The van der Waals surface area contributed by atoms with E-state index in [4.69, 9.17) is 14.2 Å². The van der Waals surface area contributed by atoms with Crippen molar-refractivity contribution in [1.29, 1.82) is 0 Å². The van der Waals surface area contributed by atoms with Gasteiger partial charge in [0.05, 0.1) is 31.0 Å². The highest BCUT2D eigenvalue weighted by Crippen LogP contribution is 2.42. The first kappa shape index (κ1) is 19.9. The van der Waals surface area contributed by atoms with Crippen molar-refractivity contribution >= 4 is 6.29 Å². The van der Waals surface area contributed by atoms with Crippen LogP contribution in [0.2, 0.25) is 0 Å². The summed E-state index contributed by atoms with van der Waals surface area (Å²) in [6, 6.07) is 4.38. The van der Waals surface area contributed by atoms with Crippen LogP contribution in [0.4, 0.5) is 0 Å². The number of nitrogens with zero attached hydrogens (tertiary/aromatic N) is 3.